The smallest absolute Gasteiger partial charge is 0.337 e. The summed E-state index contributed by atoms with van der Waals surface area (Å²) in [5.41, 5.74) is 7.40. The fourth-order valence-corrected chi connectivity index (χ4v) is 6.50. The van der Waals surface area contributed by atoms with Crippen LogP contribution in [0.4, 0.5) is 0 Å². The third kappa shape index (κ3) is 5.02. The topological polar surface area (TPSA) is 77.2 Å². The van der Waals surface area contributed by atoms with E-state index in [1.807, 2.05) is 66.7 Å². The number of benzene rings is 4. The van der Waals surface area contributed by atoms with Crippen molar-refractivity contribution >= 4 is 39.5 Å². The molecule has 7 rings (SSSR count). The Morgan fingerprint density at radius 1 is 0.837 bits per heavy atom. The molecule has 214 valence electrons. The number of halogens is 1. The van der Waals surface area contributed by atoms with Gasteiger partial charge in [0.15, 0.2) is 0 Å². The number of hydrogen-bond donors (Lipinski definition) is 1. The zero-order valence-electron chi connectivity index (χ0n) is 23.8. The van der Waals surface area contributed by atoms with E-state index in [0.717, 1.165) is 76.1 Å². The number of hydrogen-bond acceptors (Lipinski definition) is 4. The van der Waals surface area contributed by atoms with Crippen molar-refractivity contribution in [2.75, 3.05) is 7.11 Å². The monoisotopic (exact) mass is 587 g/mol. The van der Waals surface area contributed by atoms with E-state index in [2.05, 4.69) is 16.7 Å². The summed E-state index contributed by atoms with van der Waals surface area (Å²) in [5.74, 6) is 0.631. The number of ether oxygens (including phenoxy) is 1. The first-order valence-corrected chi connectivity index (χ1v) is 15.0. The molecule has 0 amide bonds. The van der Waals surface area contributed by atoms with E-state index in [-0.39, 0.29) is 6.04 Å². The minimum Gasteiger partial charge on any atom is -0.497 e. The fourth-order valence-electron chi connectivity index (χ4n) is 6.38. The standard InChI is InChI=1S/C36H30ClN3O3/c1-43-27-16-17-28(22-10-14-25(37)15-11-22)30(21-27)32-19-12-23-20-24(13-18-31(23)38-32)35-39-33-9-5-8-29(36(41)42)34(33)40(35)26-6-3-2-4-7-26/h5,8-21,26H,2-4,6-7H2,1H3,(H,41,42). The van der Waals surface area contributed by atoms with Gasteiger partial charge < -0.3 is 14.4 Å². The fraction of sp³-hybridized carbons (Fsp3) is 0.194. The quantitative estimate of drug-likeness (QED) is 0.210. The van der Waals surface area contributed by atoms with Crippen molar-refractivity contribution in [1.29, 1.82) is 0 Å². The molecule has 1 saturated carbocycles. The number of nitrogens with zero attached hydrogens (tertiary/aromatic N) is 3. The number of para-hydroxylation sites is 1. The molecule has 43 heavy (non-hydrogen) atoms. The lowest BCUT2D eigenvalue weighted by molar-refractivity contribution is 0.0698. The highest BCUT2D eigenvalue weighted by Crippen LogP contribution is 2.39. The van der Waals surface area contributed by atoms with Crippen LogP contribution in [-0.2, 0) is 0 Å². The summed E-state index contributed by atoms with van der Waals surface area (Å²) in [4.78, 5) is 22.3. The SMILES string of the molecule is COc1ccc(-c2ccc(Cl)cc2)c(-c2ccc3cc(-c4nc5cccc(C(=O)O)c5n4C4CCCCC4)ccc3n2)c1. The van der Waals surface area contributed by atoms with E-state index in [0.29, 0.717) is 21.6 Å². The third-order valence-electron chi connectivity index (χ3n) is 8.49. The van der Waals surface area contributed by atoms with Gasteiger partial charge in [0.25, 0.3) is 0 Å². The van der Waals surface area contributed by atoms with Crippen LogP contribution in [-0.4, -0.2) is 32.7 Å². The molecule has 0 unspecified atom stereocenters. The van der Waals surface area contributed by atoms with E-state index < -0.39 is 5.97 Å². The van der Waals surface area contributed by atoms with Crippen molar-refractivity contribution in [3.63, 3.8) is 0 Å². The molecule has 0 radical (unpaired) electrons. The molecular weight excluding hydrogens is 558 g/mol. The normalized spacial score (nSPS) is 13.9. The van der Waals surface area contributed by atoms with Gasteiger partial charge in [-0.3, -0.25) is 0 Å². The van der Waals surface area contributed by atoms with Gasteiger partial charge in [-0.2, -0.15) is 0 Å². The lowest BCUT2D eigenvalue weighted by atomic mass is 9.94. The minimum atomic E-state index is -0.931. The molecule has 1 aliphatic carbocycles. The molecule has 0 aliphatic heterocycles. The molecule has 1 fully saturated rings. The number of rotatable bonds is 6. The molecule has 0 bridgehead atoms. The van der Waals surface area contributed by atoms with E-state index in [4.69, 9.17) is 26.3 Å². The molecule has 0 spiro atoms. The predicted octanol–water partition coefficient (Wildman–Crippen LogP) is 9.45. The second-order valence-electron chi connectivity index (χ2n) is 11.1. The van der Waals surface area contributed by atoms with Gasteiger partial charge in [0.1, 0.15) is 11.6 Å². The molecule has 2 aromatic heterocycles. The van der Waals surface area contributed by atoms with Crippen molar-refractivity contribution in [3.05, 3.63) is 102 Å². The van der Waals surface area contributed by atoms with Crippen LogP contribution in [0.3, 0.4) is 0 Å². The Balaban J connectivity index is 1.35. The highest BCUT2D eigenvalue weighted by Gasteiger charge is 2.25. The lowest BCUT2D eigenvalue weighted by Crippen LogP contribution is -2.15. The maximum atomic E-state index is 12.2. The van der Waals surface area contributed by atoms with Gasteiger partial charge >= 0.3 is 5.97 Å². The lowest BCUT2D eigenvalue weighted by Gasteiger charge is -2.26. The number of imidazole rings is 1. The van der Waals surface area contributed by atoms with Crippen LogP contribution in [0.25, 0.3) is 55.7 Å². The van der Waals surface area contributed by atoms with Gasteiger partial charge in [-0.25, -0.2) is 14.8 Å². The van der Waals surface area contributed by atoms with Crippen LogP contribution in [0.5, 0.6) is 5.75 Å². The first-order chi connectivity index (χ1) is 21.0. The Morgan fingerprint density at radius 3 is 2.40 bits per heavy atom. The summed E-state index contributed by atoms with van der Waals surface area (Å²) < 4.78 is 7.74. The number of methoxy groups -OCH3 is 1. The second-order valence-corrected chi connectivity index (χ2v) is 11.5. The molecule has 7 heteroatoms. The third-order valence-corrected chi connectivity index (χ3v) is 8.74. The average molecular weight is 588 g/mol. The van der Waals surface area contributed by atoms with E-state index in [1.54, 1.807) is 19.2 Å². The van der Waals surface area contributed by atoms with Gasteiger partial charge in [-0.1, -0.05) is 61.2 Å². The van der Waals surface area contributed by atoms with Crippen molar-refractivity contribution in [1.82, 2.24) is 14.5 Å². The summed E-state index contributed by atoms with van der Waals surface area (Å²) in [5, 5.41) is 11.7. The van der Waals surface area contributed by atoms with Crippen LogP contribution in [0, 0.1) is 0 Å². The molecule has 0 atom stereocenters. The van der Waals surface area contributed by atoms with E-state index >= 15 is 0 Å². The van der Waals surface area contributed by atoms with Crippen molar-refractivity contribution < 1.29 is 14.6 Å². The molecular formula is C36H30ClN3O3. The molecule has 6 aromatic rings. The number of carboxylic acid groups (broad SMARTS) is 1. The van der Waals surface area contributed by atoms with E-state index in [9.17, 15) is 9.90 Å². The number of aromatic nitrogens is 3. The van der Waals surface area contributed by atoms with Crippen molar-refractivity contribution in [2.24, 2.45) is 0 Å². The summed E-state index contributed by atoms with van der Waals surface area (Å²) >= 11 is 6.16. The zero-order valence-corrected chi connectivity index (χ0v) is 24.5. The van der Waals surface area contributed by atoms with Gasteiger partial charge in [-0.15, -0.1) is 0 Å². The average Bonchev–Trinajstić information content (AvgIpc) is 3.44. The molecule has 4 aromatic carbocycles. The van der Waals surface area contributed by atoms with Gasteiger partial charge in [0, 0.05) is 27.6 Å². The Labute approximate surface area is 254 Å². The predicted molar refractivity (Wildman–Crippen MR) is 172 cm³/mol. The van der Waals surface area contributed by atoms with Crippen molar-refractivity contribution in [2.45, 2.75) is 38.1 Å². The molecule has 6 nitrogen and oxygen atoms in total. The van der Waals surface area contributed by atoms with Crippen LogP contribution < -0.4 is 4.74 Å². The molecule has 0 saturated heterocycles. The molecule has 1 N–H and O–H groups in total. The van der Waals surface area contributed by atoms with Gasteiger partial charge in [0.2, 0.25) is 0 Å². The van der Waals surface area contributed by atoms with Crippen molar-refractivity contribution in [3.8, 4) is 39.5 Å². The highest BCUT2D eigenvalue weighted by atomic mass is 35.5. The van der Waals surface area contributed by atoms with Gasteiger partial charge in [0.05, 0.1) is 34.9 Å². The largest absolute Gasteiger partial charge is 0.497 e. The summed E-state index contributed by atoms with van der Waals surface area (Å²) in [7, 11) is 1.66. The maximum Gasteiger partial charge on any atom is 0.337 e. The first-order valence-electron chi connectivity index (χ1n) is 14.6. The number of carboxylic acids is 1. The highest BCUT2D eigenvalue weighted by molar-refractivity contribution is 6.30. The zero-order chi connectivity index (χ0) is 29.5. The van der Waals surface area contributed by atoms with Crippen LogP contribution in [0.2, 0.25) is 5.02 Å². The second kappa shape index (κ2) is 11.2. The van der Waals surface area contributed by atoms with E-state index in [1.165, 1.54) is 6.42 Å². The van der Waals surface area contributed by atoms with Crippen LogP contribution in [0.1, 0.15) is 48.5 Å². The number of carbonyl (C=O) groups is 1. The number of aromatic carboxylic acids is 1. The van der Waals surface area contributed by atoms with Crippen LogP contribution >= 0.6 is 11.6 Å². The molecule has 1 aliphatic rings. The Bertz CT molecular complexity index is 1990. The Kier molecular flexibility index (Phi) is 7.07. The van der Waals surface area contributed by atoms with Crippen LogP contribution in [0.15, 0.2) is 91.0 Å². The summed E-state index contributed by atoms with van der Waals surface area (Å²) in [6.07, 6.45) is 5.50. The minimum absolute atomic E-state index is 0.213. The Morgan fingerprint density at radius 2 is 1.63 bits per heavy atom. The Hall–Kier alpha value is -4.68. The number of fused-ring (bicyclic) bond motifs is 2. The number of pyridine rings is 1. The van der Waals surface area contributed by atoms with Gasteiger partial charge in [-0.05, 0) is 84.6 Å². The first kappa shape index (κ1) is 27.2. The summed E-state index contributed by atoms with van der Waals surface area (Å²) in [6, 6.07) is 29.7. The summed E-state index contributed by atoms with van der Waals surface area (Å²) in [6.45, 7) is 0. The molecule has 2 heterocycles. The maximum absolute atomic E-state index is 12.2.